The highest BCUT2D eigenvalue weighted by Crippen LogP contribution is 2.26. The number of anilines is 1. The molecule has 0 aliphatic carbocycles. The van der Waals surface area contributed by atoms with Crippen LogP contribution in [0.2, 0.25) is 0 Å². The van der Waals surface area contributed by atoms with Gasteiger partial charge < -0.3 is 10.6 Å². The molecule has 1 heterocycles. The Kier molecular flexibility index (Phi) is 7.17. The minimum absolute atomic E-state index is 0.154. The largest absolute Gasteiger partial charge is 0.348 e. The fraction of sp³-hybridized carbons (Fsp3) is 0.333. The first kappa shape index (κ1) is 21.9. The minimum Gasteiger partial charge on any atom is -0.348 e. The number of nitrogens with zero attached hydrogens (tertiary/aromatic N) is 1. The van der Waals surface area contributed by atoms with Gasteiger partial charge >= 0.3 is 11.8 Å². The van der Waals surface area contributed by atoms with Crippen molar-refractivity contribution in [2.75, 3.05) is 18.4 Å². The number of rotatable bonds is 6. The van der Waals surface area contributed by atoms with E-state index in [4.69, 9.17) is 0 Å². The average Bonchev–Trinajstić information content (AvgIpc) is 2.74. The van der Waals surface area contributed by atoms with Crippen LogP contribution in [0.3, 0.4) is 0 Å². The van der Waals surface area contributed by atoms with Crippen molar-refractivity contribution in [3.63, 3.8) is 0 Å². The number of sulfonamides is 1. The van der Waals surface area contributed by atoms with Crippen molar-refractivity contribution in [1.82, 2.24) is 9.62 Å². The predicted octanol–water partition coefficient (Wildman–Crippen LogP) is 2.51. The SMILES string of the molecule is O=C(NCC[C@@H]1CCCCN1S(=O)(=O)c1ccccc1)C(=O)Nc1cccc(F)c1. The van der Waals surface area contributed by atoms with Crippen molar-refractivity contribution < 1.29 is 22.4 Å². The number of hydrogen-bond donors (Lipinski definition) is 2. The Morgan fingerprint density at radius 2 is 1.80 bits per heavy atom. The first-order valence-corrected chi connectivity index (χ1v) is 11.2. The number of hydrogen-bond acceptors (Lipinski definition) is 4. The first-order valence-electron chi connectivity index (χ1n) is 9.79. The molecule has 2 N–H and O–H groups in total. The Hall–Kier alpha value is -2.78. The van der Waals surface area contributed by atoms with Crippen LogP contribution in [0.4, 0.5) is 10.1 Å². The van der Waals surface area contributed by atoms with E-state index in [1.807, 2.05) is 0 Å². The third kappa shape index (κ3) is 5.43. The summed E-state index contributed by atoms with van der Waals surface area (Å²) in [5, 5.41) is 4.84. The van der Waals surface area contributed by atoms with Crippen LogP contribution in [0.1, 0.15) is 25.7 Å². The maximum absolute atomic E-state index is 13.2. The molecule has 2 amide bonds. The molecule has 2 aromatic carbocycles. The number of benzene rings is 2. The lowest BCUT2D eigenvalue weighted by molar-refractivity contribution is -0.136. The zero-order chi connectivity index (χ0) is 21.6. The zero-order valence-corrected chi connectivity index (χ0v) is 17.2. The molecule has 7 nitrogen and oxygen atoms in total. The number of carbonyl (C=O) groups excluding carboxylic acids is 2. The van der Waals surface area contributed by atoms with Crippen LogP contribution < -0.4 is 10.6 Å². The molecule has 0 bridgehead atoms. The minimum atomic E-state index is -3.62. The standard InChI is InChI=1S/C21H24FN3O4S/c22-16-7-6-8-17(15-16)24-21(27)20(26)23-13-12-18-9-4-5-14-25(18)30(28,29)19-10-2-1-3-11-19/h1-3,6-8,10-11,15,18H,4-5,9,12-14H2,(H,23,26)(H,24,27)/t18-/m0/s1. The lowest BCUT2D eigenvalue weighted by Gasteiger charge is -2.34. The van der Waals surface area contributed by atoms with Crippen molar-refractivity contribution in [2.24, 2.45) is 0 Å². The van der Waals surface area contributed by atoms with Crippen molar-refractivity contribution in [1.29, 1.82) is 0 Å². The number of nitrogens with one attached hydrogen (secondary N) is 2. The molecule has 1 saturated heterocycles. The van der Waals surface area contributed by atoms with E-state index in [1.165, 1.54) is 22.5 Å². The van der Waals surface area contributed by atoms with Gasteiger partial charge in [0, 0.05) is 24.8 Å². The summed E-state index contributed by atoms with van der Waals surface area (Å²) in [6.45, 7) is 0.580. The van der Waals surface area contributed by atoms with Gasteiger partial charge in [-0.1, -0.05) is 30.7 Å². The summed E-state index contributed by atoms with van der Waals surface area (Å²) in [5.74, 6) is -2.28. The van der Waals surface area contributed by atoms with Crippen LogP contribution in [-0.2, 0) is 19.6 Å². The predicted molar refractivity (Wildman–Crippen MR) is 111 cm³/mol. The van der Waals surface area contributed by atoms with Gasteiger partial charge in [-0.2, -0.15) is 4.31 Å². The molecule has 1 atom stereocenters. The van der Waals surface area contributed by atoms with Crippen LogP contribution in [0.25, 0.3) is 0 Å². The van der Waals surface area contributed by atoms with Crippen LogP contribution in [0, 0.1) is 5.82 Å². The number of carbonyl (C=O) groups is 2. The van der Waals surface area contributed by atoms with Crippen LogP contribution in [0.15, 0.2) is 59.5 Å². The van der Waals surface area contributed by atoms with Crippen LogP contribution >= 0.6 is 0 Å². The number of amides is 2. The molecule has 30 heavy (non-hydrogen) atoms. The van der Waals surface area contributed by atoms with Gasteiger partial charge in [-0.15, -0.1) is 0 Å². The molecule has 9 heteroatoms. The third-order valence-corrected chi connectivity index (χ3v) is 6.94. The molecular weight excluding hydrogens is 409 g/mol. The maximum Gasteiger partial charge on any atom is 0.313 e. The molecule has 2 aromatic rings. The van der Waals surface area contributed by atoms with E-state index < -0.39 is 27.7 Å². The van der Waals surface area contributed by atoms with Gasteiger partial charge in [0.05, 0.1) is 4.90 Å². The second kappa shape index (κ2) is 9.82. The second-order valence-corrected chi connectivity index (χ2v) is 8.98. The summed E-state index contributed by atoms with van der Waals surface area (Å²) < 4.78 is 40.6. The van der Waals surface area contributed by atoms with Crippen LogP contribution in [-0.4, -0.2) is 43.7 Å². The van der Waals surface area contributed by atoms with E-state index in [0.717, 1.165) is 18.9 Å². The molecule has 0 saturated carbocycles. The van der Waals surface area contributed by atoms with Gasteiger partial charge in [-0.25, -0.2) is 12.8 Å². The molecule has 1 fully saturated rings. The van der Waals surface area contributed by atoms with Gasteiger partial charge in [0.1, 0.15) is 5.82 Å². The van der Waals surface area contributed by atoms with Gasteiger partial charge in [-0.3, -0.25) is 9.59 Å². The fourth-order valence-electron chi connectivity index (χ4n) is 3.49. The average molecular weight is 434 g/mol. The van der Waals surface area contributed by atoms with Gasteiger partial charge in [0.25, 0.3) is 0 Å². The van der Waals surface area contributed by atoms with Crippen LogP contribution in [0.5, 0.6) is 0 Å². The van der Waals surface area contributed by atoms with E-state index in [0.29, 0.717) is 19.4 Å². The summed E-state index contributed by atoms with van der Waals surface area (Å²) in [6, 6.07) is 13.3. The Labute approximate surface area is 175 Å². The highest BCUT2D eigenvalue weighted by molar-refractivity contribution is 7.89. The van der Waals surface area contributed by atoms with E-state index in [-0.39, 0.29) is 23.2 Å². The fourth-order valence-corrected chi connectivity index (χ4v) is 5.24. The van der Waals surface area contributed by atoms with Gasteiger partial charge in [-0.05, 0) is 49.6 Å². The molecule has 160 valence electrons. The topological polar surface area (TPSA) is 95.6 Å². The molecule has 0 spiro atoms. The Morgan fingerprint density at radius 3 is 2.53 bits per heavy atom. The monoisotopic (exact) mass is 433 g/mol. The third-order valence-electron chi connectivity index (χ3n) is 4.97. The lowest BCUT2D eigenvalue weighted by atomic mass is 10.0. The summed E-state index contributed by atoms with van der Waals surface area (Å²) in [5.41, 5.74) is 0.183. The van der Waals surface area contributed by atoms with Crippen molar-refractivity contribution in [3.05, 3.63) is 60.4 Å². The molecule has 0 aromatic heterocycles. The highest BCUT2D eigenvalue weighted by Gasteiger charge is 2.33. The van der Waals surface area contributed by atoms with Crippen molar-refractivity contribution in [2.45, 2.75) is 36.6 Å². The quantitative estimate of drug-likeness (QED) is 0.685. The van der Waals surface area contributed by atoms with E-state index in [2.05, 4.69) is 10.6 Å². The Balaban J connectivity index is 1.56. The summed E-state index contributed by atoms with van der Waals surface area (Å²) in [4.78, 5) is 24.2. The normalized spacial score (nSPS) is 17.3. The summed E-state index contributed by atoms with van der Waals surface area (Å²) in [6.07, 6.45) is 2.77. The molecular formula is C21H24FN3O4S. The Bertz CT molecular complexity index is 998. The second-order valence-electron chi connectivity index (χ2n) is 7.09. The first-order chi connectivity index (χ1) is 14.4. The van der Waals surface area contributed by atoms with Crippen molar-refractivity contribution >= 4 is 27.5 Å². The number of halogens is 1. The van der Waals surface area contributed by atoms with Gasteiger partial charge in [0.15, 0.2) is 0 Å². The van der Waals surface area contributed by atoms with E-state index >= 15 is 0 Å². The van der Waals surface area contributed by atoms with E-state index in [1.54, 1.807) is 30.3 Å². The maximum atomic E-state index is 13.2. The number of piperidine rings is 1. The Morgan fingerprint density at radius 1 is 1.03 bits per heavy atom. The highest BCUT2D eigenvalue weighted by atomic mass is 32.2. The molecule has 0 unspecified atom stereocenters. The zero-order valence-electron chi connectivity index (χ0n) is 16.4. The summed E-state index contributed by atoms with van der Waals surface area (Å²) in [7, 11) is -3.62. The van der Waals surface area contributed by atoms with Gasteiger partial charge in [0.2, 0.25) is 10.0 Å². The summed E-state index contributed by atoms with van der Waals surface area (Å²) >= 11 is 0. The van der Waals surface area contributed by atoms with E-state index in [9.17, 15) is 22.4 Å². The smallest absolute Gasteiger partial charge is 0.313 e. The van der Waals surface area contributed by atoms with Crippen molar-refractivity contribution in [3.8, 4) is 0 Å². The molecule has 3 rings (SSSR count). The molecule has 1 aliphatic rings. The lowest BCUT2D eigenvalue weighted by Crippen LogP contribution is -2.45. The molecule has 1 aliphatic heterocycles. The molecule has 0 radical (unpaired) electrons.